The Kier molecular flexibility index (Phi) is 6.86. The lowest BCUT2D eigenvalue weighted by atomic mass is 9.81. The van der Waals surface area contributed by atoms with Gasteiger partial charge in [-0.25, -0.2) is 0 Å². The summed E-state index contributed by atoms with van der Waals surface area (Å²) in [6.45, 7) is -1.22. The van der Waals surface area contributed by atoms with Crippen LogP contribution in [-0.2, 0) is 23.9 Å². The van der Waals surface area contributed by atoms with Crippen LogP contribution in [0, 0.1) is 22.0 Å². The number of imide groups is 1. The van der Waals surface area contributed by atoms with Gasteiger partial charge in [0.25, 0.3) is 11.6 Å². The number of non-ortho nitro benzene ring substituents is 1. The molecule has 2 aliphatic rings. The predicted molar refractivity (Wildman–Crippen MR) is 111 cm³/mol. The molecule has 12 heteroatoms. The molecule has 1 saturated heterocycles. The molecule has 1 aliphatic heterocycles. The number of halogens is 2. The van der Waals surface area contributed by atoms with Gasteiger partial charge in [0, 0.05) is 27.5 Å². The van der Waals surface area contributed by atoms with Crippen molar-refractivity contribution in [3.05, 3.63) is 34.4 Å². The second-order valence-corrected chi connectivity index (χ2v) is 9.35. The SMILES string of the molecule is O=C(COC(=O)CN1C(=O)[C@@H]2C[C@H](Br)[C@@H](Br)C[C@H]2C1=O)Nc1cccc([N+](=O)[O-])c1. The fourth-order valence-corrected chi connectivity index (χ4v) is 4.77. The number of nitrogens with one attached hydrogen (secondary N) is 1. The van der Waals surface area contributed by atoms with E-state index in [1.165, 1.54) is 18.2 Å². The molecule has 1 aromatic carbocycles. The maximum Gasteiger partial charge on any atom is 0.326 e. The average molecular weight is 547 g/mol. The number of ether oxygens (including phenoxy) is 1. The third kappa shape index (κ3) is 4.86. The van der Waals surface area contributed by atoms with Crippen molar-refractivity contribution in [2.75, 3.05) is 18.5 Å². The van der Waals surface area contributed by atoms with Crippen LogP contribution in [0.15, 0.2) is 24.3 Å². The summed E-state index contributed by atoms with van der Waals surface area (Å²) < 4.78 is 4.86. The standard InChI is InChI=1S/C18H17Br2N3O7/c19-13-5-11-12(6-14(13)20)18(27)22(17(11)26)7-16(25)30-8-15(24)21-9-2-1-3-10(4-9)23(28)29/h1-4,11-14H,5-8H2,(H,21,24)/t11-,12-,13+,14+/m1/s1. The van der Waals surface area contributed by atoms with E-state index in [0.29, 0.717) is 12.8 Å². The van der Waals surface area contributed by atoms with Gasteiger partial charge in [0.1, 0.15) is 6.54 Å². The number of carbonyl (C=O) groups excluding carboxylic acids is 4. The van der Waals surface area contributed by atoms with Crippen LogP contribution in [0.25, 0.3) is 0 Å². The third-order valence-electron chi connectivity index (χ3n) is 5.00. The molecule has 0 unspecified atom stereocenters. The van der Waals surface area contributed by atoms with Crippen LogP contribution in [0.2, 0.25) is 0 Å². The third-order valence-corrected chi connectivity index (χ3v) is 7.73. The van der Waals surface area contributed by atoms with Crippen molar-refractivity contribution in [1.82, 2.24) is 4.90 Å². The lowest BCUT2D eigenvalue weighted by molar-refractivity contribution is -0.384. The minimum absolute atomic E-state index is 0.0555. The van der Waals surface area contributed by atoms with Crippen molar-refractivity contribution in [1.29, 1.82) is 0 Å². The van der Waals surface area contributed by atoms with Gasteiger partial charge in [-0.05, 0) is 18.9 Å². The Labute approximate surface area is 187 Å². The zero-order valence-corrected chi connectivity index (χ0v) is 18.6. The van der Waals surface area contributed by atoms with Gasteiger partial charge in [-0.1, -0.05) is 37.9 Å². The van der Waals surface area contributed by atoms with Gasteiger partial charge in [0.2, 0.25) is 11.8 Å². The predicted octanol–water partition coefficient (Wildman–Crippen LogP) is 2.00. The van der Waals surface area contributed by atoms with Crippen molar-refractivity contribution in [2.24, 2.45) is 11.8 Å². The van der Waals surface area contributed by atoms with Crippen LogP contribution in [-0.4, -0.2) is 56.3 Å². The minimum Gasteiger partial charge on any atom is -0.454 e. The quantitative estimate of drug-likeness (QED) is 0.189. The van der Waals surface area contributed by atoms with Crippen molar-refractivity contribution in [3.63, 3.8) is 0 Å². The van der Waals surface area contributed by atoms with Crippen molar-refractivity contribution < 1.29 is 28.8 Å². The number of hydrogen-bond acceptors (Lipinski definition) is 7. The van der Waals surface area contributed by atoms with E-state index < -0.39 is 53.6 Å². The Bertz CT molecular complexity index is 882. The first kappa shape index (κ1) is 22.3. The van der Waals surface area contributed by atoms with Crippen LogP contribution in [0.1, 0.15) is 12.8 Å². The number of nitro benzene ring substituents is 1. The number of carbonyl (C=O) groups is 4. The molecule has 1 heterocycles. The van der Waals surface area contributed by atoms with Crippen LogP contribution < -0.4 is 5.32 Å². The average Bonchev–Trinajstić information content (AvgIpc) is 2.91. The molecule has 2 fully saturated rings. The number of likely N-dealkylation sites (tertiary alicyclic amines) is 1. The van der Waals surface area contributed by atoms with Gasteiger partial charge in [-0.2, -0.15) is 0 Å². The number of nitrogens with zero attached hydrogens (tertiary/aromatic N) is 2. The van der Waals surface area contributed by atoms with Crippen LogP contribution in [0.3, 0.4) is 0 Å². The summed E-state index contributed by atoms with van der Waals surface area (Å²) >= 11 is 6.97. The number of fused-ring (bicyclic) bond motifs is 1. The molecule has 1 N–H and O–H groups in total. The first-order valence-corrected chi connectivity index (χ1v) is 10.8. The highest BCUT2D eigenvalue weighted by molar-refractivity contribution is 9.12. The van der Waals surface area contributed by atoms with Crippen LogP contribution in [0.5, 0.6) is 0 Å². The maximum atomic E-state index is 12.5. The van der Waals surface area contributed by atoms with Gasteiger partial charge in [-0.3, -0.25) is 34.2 Å². The molecule has 0 bridgehead atoms. The second kappa shape index (κ2) is 9.21. The summed E-state index contributed by atoms with van der Waals surface area (Å²) in [6.07, 6.45) is 0.977. The van der Waals surface area contributed by atoms with E-state index >= 15 is 0 Å². The highest BCUT2D eigenvalue weighted by Gasteiger charge is 2.52. The molecule has 3 amide bonds. The van der Waals surface area contributed by atoms with Crippen molar-refractivity contribution in [2.45, 2.75) is 22.5 Å². The number of rotatable bonds is 6. The zero-order chi connectivity index (χ0) is 22.0. The Morgan fingerprint density at radius 3 is 2.33 bits per heavy atom. The van der Waals surface area contributed by atoms with Gasteiger partial charge in [0.05, 0.1) is 16.8 Å². The normalized spacial score (nSPS) is 25.6. The fraction of sp³-hybridized carbons (Fsp3) is 0.444. The van der Waals surface area contributed by atoms with Crippen molar-refractivity contribution >= 4 is 66.9 Å². The van der Waals surface area contributed by atoms with Gasteiger partial charge in [0.15, 0.2) is 6.61 Å². The lowest BCUT2D eigenvalue weighted by Gasteiger charge is -2.29. The summed E-state index contributed by atoms with van der Waals surface area (Å²) in [5, 5.41) is 13.1. The molecule has 0 spiro atoms. The molecule has 0 aromatic heterocycles. The number of nitro groups is 1. The summed E-state index contributed by atoms with van der Waals surface area (Å²) in [5.74, 6) is -3.36. The molecule has 3 rings (SSSR count). The van der Waals surface area contributed by atoms with E-state index in [2.05, 4.69) is 37.2 Å². The summed E-state index contributed by atoms with van der Waals surface area (Å²) in [5.41, 5.74) is -0.0263. The Morgan fingerprint density at radius 2 is 1.77 bits per heavy atom. The summed E-state index contributed by atoms with van der Waals surface area (Å²) in [7, 11) is 0. The molecular formula is C18H17Br2N3O7. The van der Waals surface area contributed by atoms with E-state index in [1.54, 1.807) is 0 Å². The summed E-state index contributed by atoms with van der Waals surface area (Å²) in [4.78, 5) is 60.2. The number of amides is 3. The van der Waals surface area contributed by atoms with E-state index in [9.17, 15) is 29.3 Å². The number of esters is 1. The largest absolute Gasteiger partial charge is 0.454 e. The van der Waals surface area contributed by atoms with Gasteiger partial charge >= 0.3 is 5.97 Å². The second-order valence-electron chi connectivity index (χ2n) is 7.00. The molecular weight excluding hydrogens is 530 g/mol. The smallest absolute Gasteiger partial charge is 0.326 e. The van der Waals surface area contributed by atoms with E-state index in [1.807, 2.05) is 0 Å². The summed E-state index contributed by atoms with van der Waals surface area (Å²) in [6, 6.07) is 5.29. The highest BCUT2D eigenvalue weighted by atomic mass is 79.9. The molecule has 10 nitrogen and oxygen atoms in total. The molecule has 0 radical (unpaired) electrons. The molecule has 30 heavy (non-hydrogen) atoms. The van der Waals surface area contributed by atoms with E-state index in [0.717, 1.165) is 11.0 Å². The Balaban J connectivity index is 1.51. The number of benzene rings is 1. The molecule has 1 saturated carbocycles. The van der Waals surface area contributed by atoms with Crippen LogP contribution >= 0.6 is 31.9 Å². The lowest BCUT2D eigenvalue weighted by Crippen LogP contribution is -2.37. The minimum atomic E-state index is -0.893. The maximum absolute atomic E-state index is 12.5. The topological polar surface area (TPSA) is 136 Å². The molecule has 1 aromatic rings. The zero-order valence-electron chi connectivity index (χ0n) is 15.5. The number of alkyl halides is 2. The first-order valence-electron chi connectivity index (χ1n) is 9.00. The van der Waals surface area contributed by atoms with E-state index in [-0.39, 0.29) is 21.0 Å². The molecule has 160 valence electrons. The monoisotopic (exact) mass is 545 g/mol. The van der Waals surface area contributed by atoms with Gasteiger partial charge < -0.3 is 10.1 Å². The molecule has 4 atom stereocenters. The van der Waals surface area contributed by atoms with Crippen LogP contribution in [0.4, 0.5) is 11.4 Å². The van der Waals surface area contributed by atoms with E-state index in [4.69, 9.17) is 4.74 Å². The highest BCUT2D eigenvalue weighted by Crippen LogP contribution is 2.43. The first-order chi connectivity index (χ1) is 14.2. The number of hydrogen-bond donors (Lipinski definition) is 1. The van der Waals surface area contributed by atoms with Crippen molar-refractivity contribution in [3.8, 4) is 0 Å². The number of anilines is 1. The van der Waals surface area contributed by atoms with Gasteiger partial charge in [-0.15, -0.1) is 0 Å². The fourth-order valence-electron chi connectivity index (χ4n) is 3.53. The Morgan fingerprint density at radius 1 is 1.17 bits per heavy atom. The Hall–Kier alpha value is -2.34. The molecule has 1 aliphatic carbocycles.